The molecule has 7 nitrogen and oxygen atoms in total. The fraction of sp³-hybridized carbons (Fsp3) is 0.500. The third kappa shape index (κ3) is 7.84. The molecule has 0 saturated carbocycles. The molecule has 0 aliphatic heterocycles. The minimum atomic E-state index is -0.137. The van der Waals surface area contributed by atoms with Crippen LogP contribution in [0.5, 0.6) is 0 Å². The Morgan fingerprint density at radius 1 is 0.968 bits per heavy atom. The van der Waals surface area contributed by atoms with Gasteiger partial charge in [-0.3, -0.25) is 9.59 Å². The fourth-order valence-corrected chi connectivity index (χ4v) is 3.34. The van der Waals surface area contributed by atoms with Crippen LogP contribution in [0.4, 0.5) is 0 Å². The lowest BCUT2D eigenvalue weighted by Gasteiger charge is -2.27. The summed E-state index contributed by atoms with van der Waals surface area (Å²) >= 11 is 0. The summed E-state index contributed by atoms with van der Waals surface area (Å²) in [6, 6.07) is 11.7. The van der Waals surface area contributed by atoms with Crippen molar-refractivity contribution in [2.75, 3.05) is 54.0 Å². The van der Waals surface area contributed by atoms with Gasteiger partial charge in [0.2, 0.25) is 5.91 Å². The van der Waals surface area contributed by atoms with Gasteiger partial charge in [0, 0.05) is 46.3 Å². The summed E-state index contributed by atoms with van der Waals surface area (Å²) in [6.45, 7) is 6.72. The molecule has 0 saturated heterocycles. The van der Waals surface area contributed by atoms with E-state index in [9.17, 15) is 9.59 Å². The van der Waals surface area contributed by atoms with Crippen molar-refractivity contribution in [3.05, 3.63) is 59.0 Å². The highest BCUT2D eigenvalue weighted by Gasteiger charge is 2.22. The van der Waals surface area contributed by atoms with Gasteiger partial charge in [-0.15, -0.1) is 0 Å². The zero-order valence-corrected chi connectivity index (χ0v) is 19.4. The zero-order chi connectivity index (χ0) is 22.8. The molecule has 0 atom stereocenters. The number of carbonyl (C=O) groups is 2. The Bertz CT molecular complexity index is 833. The second-order valence-electron chi connectivity index (χ2n) is 7.97. The SMILES string of the molecule is COCCN(CCC(=O)N(CCN(C)C)Cc1ccccc1)C(=O)c1cc(C)oc1C. The summed E-state index contributed by atoms with van der Waals surface area (Å²) in [5, 5.41) is 0. The Labute approximate surface area is 185 Å². The molecule has 2 rings (SSSR count). The predicted octanol–water partition coefficient (Wildman–Crippen LogP) is 2.97. The van der Waals surface area contributed by atoms with E-state index in [1.54, 1.807) is 25.0 Å². The molecule has 1 aromatic carbocycles. The number of likely N-dealkylation sites (N-methyl/N-ethyl adjacent to an activating group) is 1. The Balaban J connectivity index is 2.07. The summed E-state index contributed by atoms with van der Waals surface area (Å²) in [4.78, 5) is 31.7. The van der Waals surface area contributed by atoms with Crippen molar-refractivity contribution in [1.82, 2.24) is 14.7 Å². The van der Waals surface area contributed by atoms with Crippen LogP contribution in [-0.4, -0.2) is 80.5 Å². The van der Waals surface area contributed by atoms with Crippen molar-refractivity contribution >= 4 is 11.8 Å². The van der Waals surface area contributed by atoms with E-state index < -0.39 is 0 Å². The topological polar surface area (TPSA) is 66.2 Å². The number of methoxy groups -OCH3 is 1. The van der Waals surface area contributed by atoms with E-state index >= 15 is 0 Å². The number of carbonyl (C=O) groups excluding carboxylic acids is 2. The molecule has 0 radical (unpaired) electrons. The number of hydrogen-bond acceptors (Lipinski definition) is 5. The minimum absolute atomic E-state index is 0.0287. The first-order valence-corrected chi connectivity index (χ1v) is 10.6. The summed E-state index contributed by atoms with van der Waals surface area (Å²) in [6.07, 6.45) is 0.256. The van der Waals surface area contributed by atoms with Gasteiger partial charge in [0.1, 0.15) is 11.5 Å². The average Bonchev–Trinajstić information content (AvgIpc) is 3.09. The van der Waals surface area contributed by atoms with Crippen molar-refractivity contribution in [3.8, 4) is 0 Å². The van der Waals surface area contributed by atoms with E-state index in [0.717, 1.165) is 12.1 Å². The molecule has 0 spiro atoms. The van der Waals surface area contributed by atoms with Crippen LogP contribution in [0.1, 0.15) is 33.9 Å². The average molecular weight is 430 g/mol. The molecule has 2 aromatic rings. The van der Waals surface area contributed by atoms with Crippen LogP contribution in [0, 0.1) is 13.8 Å². The first-order chi connectivity index (χ1) is 14.8. The maximum atomic E-state index is 13.1. The summed E-state index contributed by atoms with van der Waals surface area (Å²) in [5.74, 6) is 1.18. The number of hydrogen-bond donors (Lipinski definition) is 0. The van der Waals surface area contributed by atoms with E-state index in [1.165, 1.54) is 0 Å². The van der Waals surface area contributed by atoms with Gasteiger partial charge in [0.25, 0.3) is 5.91 Å². The number of amides is 2. The van der Waals surface area contributed by atoms with Gasteiger partial charge in [-0.2, -0.15) is 0 Å². The van der Waals surface area contributed by atoms with E-state index in [0.29, 0.717) is 49.9 Å². The van der Waals surface area contributed by atoms with E-state index in [2.05, 4.69) is 4.90 Å². The maximum Gasteiger partial charge on any atom is 0.257 e. The molecule has 0 fully saturated rings. The first kappa shape index (κ1) is 24.6. The highest BCUT2D eigenvalue weighted by atomic mass is 16.5. The standard InChI is InChI=1S/C24H35N3O4/c1-19-17-22(20(2)31-19)24(29)26(15-16-30-5)12-11-23(28)27(14-13-25(3)4)18-21-9-7-6-8-10-21/h6-10,17H,11-16,18H2,1-5H3. The van der Waals surface area contributed by atoms with Gasteiger partial charge in [-0.05, 0) is 39.6 Å². The molecule has 0 N–H and O–H groups in total. The molecule has 1 aromatic heterocycles. The third-order valence-corrected chi connectivity index (χ3v) is 5.11. The largest absolute Gasteiger partial charge is 0.466 e. The molecule has 0 bridgehead atoms. The molecule has 31 heavy (non-hydrogen) atoms. The molecule has 1 heterocycles. The van der Waals surface area contributed by atoms with Crippen LogP contribution in [-0.2, 0) is 16.1 Å². The third-order valence-electron chi connectivity index (χ3n) is 5.11. The Kier molecular flexibility index (Phi) is 9.75. The molecule has 0 unspecified atom stereocenters. The minimum Gasteiger partial charge on any atom is -0.466 e. The number of ether oxygens (including phenoxy) is 1. The lowest BCUT2D eigenvalue weighted by molar-refractivity contribution is -0.132. The molecule has 0 aliphatic rings. The van der Waals surface area contributed by atoms with Crippen molar-refractivity contribution in [1.29, 1.82) is 0 Å². The van der Waals surface area contributed by atoms with Gasteiger partial charge in [0.05, 0.1) is 12.2 Å². The van der Waals surface area contributed by atoms with Crippen LogP contribution < -0.4 is 0 Å². The molecular formula is C24H35N3O4. The fourth-order valence-electron chi connectivity index (χ4n) is 3.34. The first-order valence-electron chi connectivity index (χ1n) is 10.6. The lowest BCUT2D eigenvalue weighted by atomic mass is 10.2. The van der Waals surface area contributed by atoms with Gasteiger partial charge >= 0.3 is 0 Å². The molecule has 0 aliphatic carbocycles. The number of nitrogens with zero attached hydrogens (tertiary/aromatic N) is 3. The van der Waals surface area contributed by atoms with Gasteiger partial charge in [-0.25, -0.2) is 0 Å². The van der Waals surface area contributed by atoms with E-state index in [-0.39, 0.29) is 18.2 Å². The molecule has 170 valence electrons. The van der Waals surface area contributed by atoms with Gasteiger partial charge < -0.3 is 23.9 Å². The lowest BCUT2D eigenvalue weighted by Crippen LogP contribution is -2.40. The van der Waals surface area contributed by atoms with Crippen LogP contribution in [0.3, 0.4) is 0 Å². The maximum absolute atomic E-state index is 13.1. The van der Waals surface area contributed by atoms with Crippen LogP contribution in [0.2, 0.25) is 0 Å². The normalized spacial score (nSPS) is 11.0. The molecule has 2 amide bonds. The quantitative estimate of drug-likeness (QED) is 0.519. The van der Waals surface area contributed by atoms with Crippen molar-refractivity contribution < 1.29 is 18.7 Å². The second kappa shape index (κ2) is 12.3. The second-order valence-corrected chi connectivity index (χ2v) is 7.97. The highest BCUT2D eigenvalue weighted by Crippen LogP contribution is 2.17. The van der Waals surface area contributed by atoms with Gasteiger partial charge in [0.15, 0.2) is 0 Å². The number of rotatable bonds is 12. The van der Waals surface area contributed by atoms with E-state index in [1.807, 2.05) is 56.3 Å². The van der Waals surface area contributed by atoms with Crippen molar-refractivity contribution in [2.45, 2.75) is 26.8 Å². The monoisotopic (exact) mass is 429 g/mol. The van der Waals surface area contributed by atoms with Crippen molar-refractivity contribution in [2.24, 2.45) is 0 Å². The Morgan fingerprint density at radius 3 is 2.26 bits per heavy atom. The van der Waals surface area contributed by atoms with Crippen LogP contribution in [0.25, 0.3) is 0 Å². The van der Waals surface area contributed by atoms with Crippen LogP contribution >= 0.6 is 0 Å². The smallest absolute Gasteiger partial charge is 0.257 e. The zero-order valence-electron chi connectivity index (χ0n) is 19.4. The van der Waals surface area contributed by atoms with Crippen molar-refractivity contribution in [3.63, 3.8) is 0 Å². The van der Waals surface area contributed by atoms with Gasteiger partial charge in [-0.1, -0.05) is 30.3 Å². The number of furan rings is 1. The predicted molar refractivity (Wildman–Crippen MR) is 121 cm³/mol. The number of aryl methyl sites for hydroxylation is 2. The summed E-state index contributed by atoms with van der Waals surface area (Å²) in [7, 11) is 5.58. The molecular weight excluding hydrogens is 394 g/mol. The number of benzene rings is 1. The summed E-state index contributed by atoms with van der Waals surface area (Å²) < 4.78 is 10.7. The summed E-state index contributed by atoms with van der Waals surface area (Å²) in [5.41, 5.74) is 1.63. The Morgan fingerprint density at radius 2 is 1.68 bits per heavy atom. The molecule has 7 heteroatoms. The van der Waals surface area contributed by atoms with Crippen LogP contribution in [0.15, 0.2) is 40.8 Å². The van der Waals surface area contributed by atoms with E-state index in [4.69, 9.17) is 9.15 Å². The highest BCUT2D eigenvalue weighted by molar-refractivity contribution is 5.95. The Hall–Kier alpha value is -2.64.